The number of hydrogen-bond acceptors (Lipinski definition) is 2. The van der Waals surface area contributed by atoms with Crippen molar-refractivity contribution in [1.29, 1.82) is 0 Å². The number of fused-ring (bicyclic) bond motifs is 1. The lowest BCUT2D eigenvalue weighted by Gasteiger charge is -2.28. The maximum Gasteiger partial charge on any atom is 0.104 e. The standard InChI is InChI=1S/C16H19ClN2O/c1-11-4-7-19(8-5-11)10-12-9-14(17)16(20)15-13(12)3-2-6-18-15/h2-3,6,9,11,20H,4-5,7-8,10H2,1H3. The van der Waals surface area contributed by atoms with Crippen molar-refractivity contribution >= 4 is 22.5 Å². The molecule has 1 aliphatic rings. The molecule has 0 spiro atoms. The Kier molecular flexibility index (Phi) is 3.81. The Labute approximate surface area is 124 Å². The molecule has 4 heteroatoms. The molecule has 0 saturated carbocycles. The average molecular weight is 291 g/mol. The van der Waals surface area contributed by atoms with E-state index in [0.717, 1.165) is 23.4 Å². The van der Waals surface area contributed by atoms with E-state index in [1.54, 1.807) is 11.1 Å². The summed E-state index contributed by atoms with van der Waals surface area (Å²) in [5.41, 5.74) is 1.64. The van der Waals surface area contributed by atoms with E-state index >= 15 is 0 Å². The smallest absolute Gasteiger partial charge is 0.104 e. The van der Waals surface area contributed by atoms with Gasteiger partial charge in [-0.15, -0.1) is 0 Å². The number of benzene rings is 1. The summed E-state index contributed by atoms with van der Waals surface area (Å²) in [6.07, 6.45) is 4.21. The van der Waals surface area contributed by atoms with Crippen LogP contribution in [0, 0.1) is 5.92 Å². The van der Waals surface area contributed by atoms with E-state index in [4.69, 9.17) is 11.6 Å². The van der Waals surface area contributed by atoms with Crippen LogP contribution >= 0.6 is 11.6 Å². The van der Waals surface area contributed by atoms with Crippen LogP contribution in [-0.2, 0) is 6.54 Å². The van der Waals surface area contributed by atoms with Crippen LogP contribution in [0.1, 0.15) is 25.3 Å². The molecule has 0 aliphatic carbocycles. The molecule has 3 nitrogen and oxygen atoms in total. The summed E-state index contributed by atoms with van der Waals surface area (Å²) in [5.74, 6) is 0.679. The van der Waals surface area contributed by atoms with Crippen molar-refractivity contribution in [2.24, 2.45) is 5.92 Å². The van der Waals surface area contributed by atoms with Crippen LogP contribution in [0.3, 0.4) is 0 Å². The first-order chi connectivity index (χ1) is 9.65. The largest absolute Gasteiger partial charge is 0.870 e. The third-order valence-corrected chi connectivity index (χ3v) is 4.59. The number of nitrogens with one attached hydrogen (secondary N) is 1. The molecule has 0 unspecified atom stereocenters. The normalized spacial score (nSPS) is 23.1. The Morgan fingerprint density at radius 3 is 2.90 bits per heavy atom. The second-order valence-electron chi connectivity index (χ2n) is 5.86. The third kappa shape index (κ3) is 2.60. The van der Waals surface area contributed by atoms with Gasteiger partial charge in [0.2, 0.25) is 0 Å². The van der Waals surface area contributed by atoms with Crippen molar-refractivity contribution in [3.05, 3.63) is 35.0 Å². The van der Waals surface area contributed by atoms with Crippen molar-refractivity contribution in [3.8, 4) is 5.75 Å². The lowest BCUT2D eigenvalue weighted by molar-refractivity contribution is -0.919. The van der Waals surface area contributed by atoms with E-state index in [0.29, 0.717) is 5.52 Å². The van der Waals surface area contributed by atoms with E-state index in [1.165, 1.54) is 25.9 Å². The molecule has 0 atom stereocenters. The molecule has 2 aromatic rings. The zero-order valence-corrected chi connectivity index (χ0v) is 12.4. The van der Waals surface area contributed by atoms with Gasteiger partial charge >= 0.3 is 0 Å². The predicted molar refractivity (Wildman–Crippen MR) is 79.0 cm³/mol. The van der Waals surface area contributed by atoms with Gasteiger partial charge in [0.25, 0.3) is 0 Å². The first-order valence-electron chi connectivity index (χ1n) is 7.22. The molecule has 0 bridgehead atoms. The molecule has 106 valence electrons. The van der Waals surface area contributed by atoms with E-state index in [9.17, 15) is 5.11 Å². The average Bonchev–Trinajstić information content (AvgIpc) is 2.47. The number of halogens is 1. The fourth-order valence-corrected chi connectivity index (χ4v) is 3.24. The lowest BCUT2D eigenvalue weighted by atomic mass is 9.98. The fraction of sp³-hybridized carbons (Fsp3) is 0.438. The Bertz CT molecular complexity index is 621. The third-order valence-electron chi connectivity index (χ3n) is 4.31. The summed E-state index contributed by atoms with van der Waals surface area (Å²) < 4.78 is 0. The Morgan fingerprint density at radius 2 is 2.15 bits per heavy atom. The second-order valence-corrected chi connectivity index (χ2v) is 6.26. The molecule has 0 amide bonds. The highest BCUT2D eigenvalue weighted by Gasteiger charge is 2.20. The fourth-order valence-electron chi connectivity index (χ4n) is 3.02. The second kappa shape index (κ2) is 5.58. The molecule has 1 aromatic carbocycles. The predicted octanol–water partition coefficient (Wildman–Crippen LogP) is 1.78. The van der Waals surface area contributed by atoms with Gasteiger partial charge in [0.1, 0.15) is 6.54 Å². The van der Waals surface area contributed by atoms with Crippen molar-refractivity contribution in [2.45, 2.75) is 26.3 Å². The topological polar surface area (TPSA) is 40.4 Å². The quantitative estimate of drug-likeness (QED) is 0.916. The molecule has 1 aliphatic heterocycles. The van der Waals surface area contributed by atoms with Gasteiger partial charge in [0.15, 0.2) is 0 Å². The maximum absolute atomic E-state index is 12.0. The van der Waals surface area contributed by atoms with Gasteiger partial charge in [-0.1, -0.05) is 30.3 Å². The summed E-state index contributed by atoms with van der Waals surface area (Å²) in [7, 11) is 0. The molecule has 0 radical (unpaired) electrons. The van der Waals surface area contributed by atoms with Gasteiger partial charge in [0, 0.05) is 22.2 Å². The minimum absolute atomic E-state index is 0.159. The molecule has 1 N–H and O–H groups in total. The van der Waals surface area contributed by atoms with Gasteiger partial charge in [0.05, 0.1) is 18.6 Å². The van der Waals surface area contributed by atoms with Gasteiger partial charge in [-0.25, -0.2) is 0 Å². The zero-order chi connectivity index (χ0) is 14.1. The Hall–Kier alpha value is -1.32. The van der Waals surface area contributed by atoms with Crippen LogP contribution in [0.4, 0.5) is 0 Å². The highest BCUT2D eigenvalue weighted by Crippen LogP contribution is 2.31. The number of nitrogens with zero attached hydrogens (tertiary/aromatic N) is 1. The minimum Gasteiger partial charge on any atom is -0.870 e. The number of piperidine rings is 1. The van der Waals surface area contributed by atoms with Crippen LogP contribution in [0.25, 0.3) is 10.9 Å². The van der Waals surface area contributed by atoms with E-state index in [1.807, 2.05) is 18.2 Å². The van der Waals surface area contributed by atoms with Gasteiger partial charge in [-0.3, -0.25) is 4.98 Å². The summed E-state index contributed by atoms with van der Waals surface area (Å²) in [6.45, 7) is 5.63. The molecule has 1 saturated heterocycles. The van der Waals surface area contributed by atoms with E-state index in [-0.39, 0.29) is 10.8 Å². The van der Waals surface area contributed by atoms with Crippen LogP contribution in [0.15, 0.2) is 24.4 Å². The summed E-state index contributed by atoms with van der Waals surface area (Å²) in [6, 6.07) is 5.69. The number of rotatable bonds is 2. The van der Waals surface area contributed by atoms with E-state index in [2.05, 4.69) is 11.9 Å². The molecule has 3 rings (SSSR count). The monoisotopic (exact) mass is 290 g/mol. The molecular formula is C16H19ClN2O. The maximum atomic E-state index is 12.0. The molecule has 20 heavy (non-hydrogen) atoms. The molecule has 2 heterocycles. The molecule has 1 fully saturated rings. The molecule has 1 aromatic heterocycles. The SMILES string of the molecule is CC1CC[NH+](Cc2cc(Cl)c([O-])c3ncccc23)CC1. The first kappa shape index (κ1) is 13.7. The van der Waals surface area contributed by atoms with Gasteiger partial charge in [-0.05, 0) is 30.9 Å². The Morgan fingerprint density at radius 1 is 1.40 bits per heavy atom. The van der Waals surface area contributed by atoms with Crippen LogP contribution < -0.4 is 10.0 Å². The molecular weight excluding hydrogens is 272 g/mol. The van der Waals surface area contributed by atoms with Crippen molar-refractivity contribution in [1.82, 2.24) is 4.98 Å². The first-order valence-corrected chi connectivity index (χ1v) is 7.59. The van der Waals surface area contributed by atoms with Crippen LogP contribution in [0.2, 0.25) is 5.02 Å². The van der Waals surface area contributed by atoms with Gasteiger partial charge in [-0.2, -0.15) is 0 Å². The van der Waals surface area contributed by atoms with E-state index < -0.39 is 0 Å². The number of hydrogen-bond donors (Lipinski definition) is 1. The van der Waals surface area contributed by atoms with Gasteiger partial charge < -0.3 is 10.0 Å². The van der Waals surface area contributed by atoms with Crippen molar-refractivity contribution in [3.63, 3.8) is 0 Å². The summed E-state index contributed by atoms with van der Waals surface area (Å²) >= 11 is 6.07. The summed E-state index contributed by atoms with van der Waals surface area (Å²) in [5, 5.41) is 13.3. The highest BCUT2D eigenvalue weighted by molar-refractivity contribution is 6.33. The number of likely N-dealkylation sites (tertiary alicyclic amines) is 1. The number of aromatic nitrogens is 1. The summed E-state index contributed by atoms with van der Waals surface area (Å²) in [4.78, 5) is 5.77. The number of quaternary nitrogens is 1. The zero-order valence-electron chi connectivity index (χ0n) is 11.7. The highest BCUT2D eigenvalue weighted by atomic mass is 35.5. The Balaban J connectivity index is 1.93. The number of pyridine rings is 1. The van der Waals surface area contributed by atoms with Crippen LogP contribution in [0.5, 0.6) is 5.75 Å². The van der Waals surface area contributed by atoms with Crippen LogP contribution in [-0.4, -0.2) is 18.1 Å². The van der Waals surface area contributed by atoms with Crippen molar-refractivity contribution < 1.29 is 10.0 Å². The van der Waals surface area contributed by atoms with Crippen molar-refractivity contribution in [2.75, 3.05) is 13.1 Å². The lowest BCUT2D eigenvalue weighted by Crippen LogP contribution is -3.11. The minimum atomic E-state index is -0.159.